The number of ether oxygens (including phenoxy) is 1. The maximum Gasteiger partial charge on any atom is 0.222 e. The smallest absolute Gasteiger partial charge is 0.222 e. The van der Waals surface area contributed by atoms with Crippen LogP contribution in [0, 0.1) is 5.92 Å². The number of hydrogen-bond acceptors (Lipinski definition) is 5. The molecular formula is C19H26N4O2S. The molecule has 1 aromatic carbocycles. The number of amides is 1. The van der Waals surface area contributed by atoms with Gasteiger partial charge >= 0.3 is 0 Å². The highest BCUT2D eigenvalue weighted by molar-refractivity contribution is 7.99. The average molecular weight is 375 g/mol. The molecule has 2 aromatic rings. The van der Waals surface area contributed by atoms with E-state index in [1.165, 1.54) is 5.56 Å². The van der Waals surface area contributed by atoms with Gasteiger partial charge in [-0.15, -0.1) is 10.2 Å². The summed E-state index contributed by atoms with van der Waals surface area (Å²) in [6.07, 6.45) is 2.54. The van der Waals surface area contributed by atoms with Gasteiger partial charge in [0.25, 0.3) is 0 Å². The molecule has 140 valence electrons. The number of rotatable bonds is 8. The van der Waals surface area contributed by atoms with E-state index in [9.17, 15) is 4.79 Å². The molecule has 1 aromatic heterocycles. The van der Waals surface area contributed by atoms with Gasteiger partial charge in [0.05, 0.1) is 19.2 Å². The van der Waals surface area contributed by atoms with Crippen molar-refractivity contribution in [3.63, 3.8) is 0 Å². The molecule has 6 nitrogen and oxygen atoms in total. The number of thioether (sulfide) groups is 1. The van der Waals surface area contributed by atoms with Gasteiger partial charge in [-0.05, 0) is 18.4 Å². The minimum Gasteiger partial charge on any atom is -0.377 e. The minimum atomic E-state index is -0.0474. The number of benzene rings is 1. The second-order valence-corrected chi connectivity index (χ2v) is 7.78. The third-order valence-electron chi connectivity index (χ3n) is 4.34. The van der Waals surface area contributed by atoms with Gasteiger partial charge in [0.15, 0.2) is 11.0 Å². The lowest BCUT2D eigenvalue weighted by molar-refractivity contribution is -0.124. The summed E-state index contributed by atoms with van der Waals surface area (Å²) in [5.41, 5.74) is 1.18. The number of hydrogen-bond donors (Lipinski definition) is 1. The van der Waals surface area contributed by atoms with Crippen LogP contribution in [0.5, 0.6) is 0 Å². The van der Waals surface area contributed by atoms with Gasteiger partial charge in [-0.2, -0.15) is 0 Å². The van der Waals surface area contributed by atoms with Gasteiger partial charge in [-0.25, -0.2) is 0 Å². The summed E-state index contributed by atoms with van der Waals surface area (Å²) in [5.74, 6) is 1.63. The van der Waals surface area contributed by atoms with E-state index in [1.807, 2.05) is 32.0 Å². The van der Waals surface area contributed by atoms with Crippen molar-refractivity contribution in [2.24, 2.45) is 5.92 Å². The summed E-state index contributed by atoms with van der Waals surface area (Å²) in [5, 5.41) is 12.5. The van der Waals surface area contributed by atoms with E-state index in [0.29, 0.717) is 19.2 Å². The van der Waals surface area contributed by atoms with Crippen LogP contribution in [-0.4, -0.2) is 39.1 Å². The van der Waals surface area contributed by atoms with Crippen LogP contribution in [0.25, 0.3) is 0 Å². The Kier molecular flexibility index (Phi) is 6.68. The number of carbonyl (C=O) groups excluding carboxylic acids is 1. The van der Waals surface area contributed by atoms with Crippen molar-refractivity contribution in [1.29, 1.82) is 0 Å². The Balaban J connectivity index is 1.73. The third kappa shape index (κ3) is 5.08. The van der Waals surface area contributed by atoms with E-state index in [-0.39, 0.29) is 11.8 Å². The molecule has 1 aliphatic rings. The van der Waals surface area contributed by atoms with Crippen molar-refractivity contribution < 1.29 is 9.53 Å². The zero-order valence-electron chi connectivity index (χ0n) is 15.4. The van der Waals surface area contributed by atoms with E-state index in [1.54, 1.807) is 11.8 Å². The van der Waals surface area contributed by atoms with Crippen molar-refractivity contribution in [2.75, 3.05) is 12.4 Å². The first-order chi connectivity index (χ1) is 12.6. The van der Waals surface area contributed by atoms with Crippen LogP contribution < -0.4 is 5.32 Å². The quantitative estimate of drug-likeness (QED) is 0.720. The minimum absolute atomic E-state index is 0.0211. The predicted molar refractivity (Wildman–Crippen MR) is 102 cm³/mol. The Morgan fingerprint density at radius 2 is 2.15 bits per heavy atom. The lowest BCUT2D eigenvalue weighted by Crippen LogP contribution is -2.28. The molecule has 2 heterocycles. The predicted octanol–water partition coefficient (Wildman–Crippen LogP) is 2.87. The molecule has 1 fully saturated rings. The summed E-state index contributed by atoms with van der Waals surface area (Å²) >= 11 is 1.68. The Morgan fingerprint density at radius 3 is 2.85 bits per heavy atom. The summed E-state index contributed by atoms with van der Waals surface area (Å²) in [6, 6.07) is 10.2. The monoisotopic (exact) mass is 374 g/mol. The standard InChI is InChI=1S/C19H26N4O2S/c1-14(2)18(24)20-11-17-21-22-19(26-13-16-9-6-10-25-16)23(17)12-15-7-4-3-5-8-15/h3-5,7-8,14,16H,6,9-13H2,1-2H3,(H,20,24)/t16-/m0/s1. The van der Waals surface area contributed by atoms with Crippen LogP contribution in [0.15, 0.2) is 35.5 Å². The molecule has 1 N–H and O–H groups in total. The normalized spacial score (nSPS) is 17.0. The van der Waals surface area contributed by atoms with E-state index in [0.717, 1.165) is 36.2 Å². The van der Waals surface area contributed by atoms with Crippen molar-refractivity contribution in [2.45, 2.75) is 51.0 Å². The molecule has 1 saturated heterocycles. The highest BCUT2D eigenvalue weighted by atomic mass is 32.2. The SMILES string of the molecule is CC(C)C(=O)NCc1nnc(SC[C@@H]2CCCO2)n1Cc1ccccc1. The molecule has 0 bridgehead atoms. The highest BCUT2D eigenvalue weighted by Crippen LogP contribution is 2.24. The Bertz CT molecular complexity index is 712. The first-order valence-corrected chi connectivity index (χ1v) is 10.1. The fourth-order valence-electron chi connectivity index (χ4n) is 2.79. The highest BCUT2D eigenvalue weighted by Gasteiger charge is 2.19. The Morgan fingerprint density at radius 1 is 1.35 bits per heavy atom. The molecule has 0 unspecified atom stereocenters. The Hall–Kier alpha value is -1.86. The van der Waals surface area contributed by atoms with Gasteiger partial charge in [0.2, 0.25) is 5.91 Å². The Labute approximate surface area is 158 Å². The first-order valence-electron chi connectivity index (χ1n) is 9.11. The van der Waals surface area contributed by atoms with Crippen LogP contribution in [-0.2, 0) is 22.6 Å². The lowest BCUT2D eigenvalue weighted by atomic mass is 10.2. The molecule has 1 aliphatic heterocycles. The van der Waals surface area contributed by atoms with Crippen molar-refractivity contribution in [3.8, 4) is 0 Å². The van der Waals surface area contributed by atoms with Gasteiger partial charge < -0.3 is 14.6 Å². The maximum atomic E-state index is 11.9. The number of nitrogens with zero attached hydrogens (tertiary/aromatic N) is 3. The fourth-order valence-corrected chi connectivity index (χ4v) is 3.82. The molecule has 1 atom stereocenters. The summed E-state index contributed by atoms with van der Waals surface area (Å²) in [4.78, 5) is 11.9. The van der Waals surface area contributed by atoms with Crippen molar-refractivity contribution >= 4 is 17.7 Å². The second kappa shape index (κ2) is 9.19. The molecule has 26 heavy (non-hydrogen) atoms. The second-order valence-electron chi connectivity index (χ2n) is 6.79. The molecule has 0 aliphatic carbocycles. The van der Waals surface area contributed by atoms with Crippen LogP contribution in [0.3, 0.4) is 0 Å². The summed E-state index contributed by atoms with van der Waals surface area (Å²) in [7, 11) is 0. The zero-order chi connectivity index (χ0) is 18.4. The van der Waals surface area contributed by atoms with E-state index < -0.39 is 0 Å². The van der Waals surface area contributed by atoms with Crippen LogP contribution in [0.2, 0.25) is 0 Å². The van der Waals surface area contributed by atoms with Crippen LogP contribution >= 0.6 is 11.8 Å². The summed E-state index contributed by atoms with van der Waals surface area (Å²) in [6.45, 7) is 5.69. The molecule has 0 spiro atoms. The topological polar surface area (TPSA) is 69.0 Å². The van der Waals surface area contributed by atoms with Gasteiger partial charge in [0, 0.05) is 18.3 Å². The zero-order valence-corrected chi connectivity index (χ0v) is 16.2. The van der Waals surface area contributed by atoms with E-state index in [2.05, 4.69) is 32.2 Å². The maximum absolute atomic E-state index is 11.9. The molecule has 0 saturated carbocycles. The largest absolute Gasteiger partial charge is 0.377 e. The van der Waals surface area contributed by atoms with Crippen molar-refractivity contribution in [1.82, 2.24) is 20.1 Å². The van der Waals surface area contributed by atoms with Crippen LogP contribution in [0.4, 0.5) is 0 Å². The van der Waals surface area contributed by atoms with Gasteiger partial charge in [-0.3, -0.25) is 4.79 Å². The third-order valence-corrected chi connectivity index (χ3v) is 5.44. The van der Waals surface area contributed by atoms with Crippen molar-refractivity contribution in [3.05, 3.63) is 41.7 Å². The fraction of sp³-hybridized carbons (Fsp3) is 0.526. The number of aromatic nitrogens is 3. The number of carbonyl (C=O) groups is 1. The molecule has 7 heteroatoms. The molecule has 1 amide bonds. The van der Waals surface area contributed by atoms with E-state index in [4.69, 9.17) is 4.74 Å². The molecular weight excluding hydrogens is 348 g/mol. The molecule has 0 radical (unpaired) electrons. The van der Waals surface area contributed by atoms with E-state index >= 15 is 0 Å². The average Bonchev–Trinajstić information content (AvgIpc) is 3.29. The van der Waals surface area contributed by atoms with Crippen LogP contribution in [0.1, 0.15) is 38.1 Å². The first kappa shape index (κ1) is 18.9. The van der Waals surface area contributed by atoms with Gasteiger partial charge in [0.1, 0.15) is 0 Å². The number of nitrogens with one attached hydrogen (secondary N) is 1. The molecule has 3 rings (SSSR count). The summed E-state index contributed by atoms with van der Waals surface area (Å²) < 4.78 is 7.80. The lowest BCUT2D eigenvalue weighted by Gasteiger charge is -2.13. The van der Waals surface area contributed by atoms with Gasteiger partial charge in [-0.1, -0.05) is 55.9 Å².